The molecule has 3 nitrogen and oxygen atoms in total. The lowest BCUT2D eigenvalue weighted by atomic mass is 10.1. The number of hydrogen-bond acceptors (Lipinski definition) is 2. The van der Waals surface area contributed by atoms with Gasteiger partial charge in [-0.25, -0.2) is 0 Å². The molecule has 1 heterocycles. The van der Waals surface area contributed by atoms with Crippen molar-refractivity contribution in [3.8, 4) is 0 Å². The highest BCUT2D eigenvalue weighted by Gasteiger charge is 2.09. The van der Waals surface area contributed by atoms with Gasteiger partial charge in [0.15, 0.2) is 0 Å². The average molecular weight is 285 g/mol. The highest BCUT2D eigenvalue weighted by molar-refractivity contribution is 5.29. The van der Waals surface area contributed by atoms with Gasteiger partial charge in [0.1, 0.15) is 0 Å². The molecule has 21 heavy (non-hydrogen) atoms. The van der Waals surface area contributed by atoms with E-state index in [1.165, 1.54) is 22.4 Å². The maximum Gasteiger partial charge on any atom is 0.0665 e. The van der Waals surface area contributed by atoms with Crippen LogP contribution in [0.15, 0.2) is 24.3 Å². The van der Waals surface area contributed by atoms with Crippen LogP contribution in [-0.4, -0.2) is 16.3 Å². The van der Waals surface area contributed by atoms with Gasteiger partial charge in [-0.15, -0.1) is 0 Å². The molecule has 0 atom stereocenters. The molecular formula is C18H27N3. The number of rotatable bonds is 6. The maximum atomic E-state index is 4.65. The molecule has 0 amide bonds. The fourth-order valence-electron chi connectivity index (χ4n) is 2.48. The predicted molar refractivity (Wildman–Crippen MR) is 88.5 cm³/mol. The molecule has 2 aromatic rings. The Balaban J connectivity index is 2.14. The minimum atomic E-state index is 0.677. The topological polar surface area (TPSA) is 29.9 Å². The van der Waals surface area contributed by atoms with E-state index in [1.807, 2.05) is 0 Å². The molecule has 2 rings (SSSR count). The molecule has 1 aromatic heterocycles. The van der Waals surface area contributed by atoms with Crippen molar-refractivity contribution < 1.29 is 0 Å². The van der Waals surface area contributed by atoms with Crippen LogP contribution < -0.4 is 5.32 Å². The lowest BCUT2D eigenvalue weighted by molar-refractivity contribution is 0.549. The van der Waals surface area contributed by atoms with Crippen molar-refractivity contribution in [2.24, 2.45) is 5.92 Å². The SMILES string of the molecule is Cc1nn(Cc2ccccc2CNCC(C)C)c(C)c1C. The number of aromatic nitrogens is 2. The summed E-state index contributed by atoms with van der Waals surface area (Å²) < 4.78 is 2.12. The molecule has 3 heteroatoms. The van der Waals surface area contributed by atoms with Crippen molar-refractivity contribution in [1.82, 2.24) is 15.1 Å². The molecule has 0 aliphatic heterocycles. The monoisotopic (exact) mass is 285 g/mol. The molecule has 0 fully saturated rings. The summed E-state index contributed by atoms with van der Waals surface area (Å²) in [7, 11) is 0. The molecule has 0 saturated carbocycles. The Kier molecular flexibility index (Phi) is 5.18. The predicted octanol–water partition coefficient (Wildman–Crippen LogP) is 3.60. The third-order valence-electron chi connectivity index (χ3n) is 4.05. The summed E-state index contributed by atoms with van der Waals surface area (Å²) in [5.74, 6) is 0.677. The van der Waals surface area contributed by atoms with E-state index in [4.69, 9.17) is 0 Å². The van der Waals surface area contributed by atoms with Crippen LogP contribution in [0.5, 0.6) is 0 Å². The molecular weight excluding hydrogens is 258 g/mol. The summed E-state index contributed by atoms with van der Waals surface area (Å²) in [4.78, 5) is 0. The quantitative estimate of drug-likeness (QED) is 0.879. The van der Waals surface area contributed by atoms with Crippen LogP contribution in [0, 0.1) is 26.7 Å². The second-order valence-corrected chi connectivity index (χ2v) is 6.25. The first-order chi connectivity index (χ1) is 9.99. The Hall–Kier alpha value is -1.61. The summed E-state index contributed by atoms with van der Waals surface area (Å²) in [5.41, 5.74) is 6.40. The van der Waals surface area contributed by atoms with Gasteiger partial charge in [-0.3, -0.25) is 4.68 Å². The van der Waals surface area contributed by atoms with E-state index in [9.17, 15) is 0 Å². The number of aryl methyl sites for hydroxylation is 1. The number of nitrogens with zero attached hydrogens (tertiary/aromatic N) is 2. The van der Waals surface area contributed by atoms with Crippen molar-refractivity contribution in [2.75, 3.05) is 6.54 Å². The summed E-state index contributed by atoms with van der Waals surface area (Å²) in [6.07, 6.45) is 0. The number of benzene rings is 1. The summed E-state index contributed by atoms with van der Waals surface area (Å²) in [6.45, 7) is 13.7. The van der Waals surface area contributed by atoms with Crippen LogP contribution in [0.4, 0.5) is 0 Å². The zero-order valence-corrected chi connectivity index (χ0v) is 13.9. The Morgan fingerprint density at radius 2 is 1.76 bits per heavy atom. The second-order valence-electron chi connectivity index (χ2n) is 6.25. The first kappa shape index (κ1) is 15.8. The molecule has 0 bridgehead atoms. The Bertz CT molecular complexity index is 597. The summed E-state index contributed by atoms with van der Waals surface area (Å²) >= 11 is 0. The molecule has 1 N–H and O–H groups in total. The van der Waals surface area contributed by atoms with Gasteiger partial charge in [-0.2, -0.15) is 5.10 Å². The van der Waals surface area contributed by atoms with Gasteiger partial charge < -0.3 is 5.32 Å². The molecule has 0 unspecified atom stereocenters. The summed E-state index contributed by atoms with van der Waals surface area (Å²) in [5, 5.41) is 8.18. The second kappa shape index (κ2) is 6.90. The van der Waals surface area contributed by atoms with E-state index < -0.39 is 0 Å². The molecule has 0 aliphatic rings. The average Bonchev–Trinajstić information content (AvgIpc) is 2.68. The fourth-order valence-corrected chi connectivity index (χ4v) is 2.48. The third kappa shape index (κ3) is 3.94. The van der Waals surface area contributed by atoms with Crippen LogP contribution in [-0.2, 0) is 13.1 Å². The largest absolute Gasteiger partial charge is 0.312 e. The first-order valence-corrected chi connectivity index (χ1v) is 7.77. The summed E-state index contributed by atoms with van der Waals surface area (Å²) in [6, 6.07) is 8.64. The van der Waals surface area contributed by atoms with Gasteiger partial charge in [0, 0.05) is 12.2 Å². The van der Waals surface area contributed by atoms with E-state index in [-0.39, 0.29) is 0 Å². The van der Waals surface area contributed by atoms with Crippen molar-refractivity contribution in [1.29, 1.82) is 0 Å². The first-order valence-electron chi connectivity index (χ1n) is 7.77. The molecule has 0 radical (unpaired) electrons. The molecule has 0 saturated heterocycles. The van der Waals surface area contributed by atoms with Crippen molar-refractivity contribution in [3.63, 3.8) is 0 Å². The van der Waals surface area contributed by atoms with E-state index in [0.29, 0.717) is 5.92 Å². The van der Waals surface area contributed by atoms with Crippen molar-refractivity contribution in [3.05, 3.63) is 52.3 Å². The lowest BCUT2D eigenvalue weighted by Gasteiger charge is -2.13. The highest BCUT2D eigenvalue weighted by Crippen LogP contribution is 2.15. The van der Waals surface area contributed by atoms with Crippen LogP contribution in [0.3, 0.4) is 0 Å². The van der Waals surface area contributed by atoms with Crippen LogP contribution in [0.1, 0.15) is 41.9 Å². The van der Waals surface area contributed by atoms with E-state index in [2.05, 4.69) is 74.0 Å². The van der Waals surface area contributed by atoms with Gasteiger partial charge in [0.2, 0.25) is 0 Å². The van der Waals surface area contributed by atoms with Gasteiger partial charge in [0.25, 0.3) is 0 Å². The normalized spacial score (nSPS) is 11.3. The van der Waals surface area contributed by atoms with E-state index in [1.54, 1.807) is 0 Å². The Labute approximate surface area is 128 Å². The van der Waals surface area contributed by atoms with Gasteiger partial charge >= 0.3 is 0 Å². The smallest absolute Gasteiger partial charge is 0.0665 e. The zero-order valence-electron chi connectivity index (χ0n) is 13.9. The van der Waals surface area contributed by atoms with Gasteiger partial charge in [0.05, 0.1) is 12.2 Å². The molecule has 0 aliphatic carbocycles. The third-order valence-corrected chi connectivity index (χ3v) is 4.05. The fraction of sp³-hybridized carbons (Fsp3) is 0.500. The highest BCUT2D eigenvalue weighted by atomic mass is 15.3. The minimum Gasteiger partial charge on any atom is -0.312 e. The minimum absolute atomic E-state index is 0.677. The standard InChI is InChI=1S/C18H27N3/c1-13(2)10-19-11-17-8-6-7-9-18(17)12-21-16(5)14(3)15(4)20-21/h6-9,13,19H,10-12H2,1-5H3. The van der Waals surface area contributed by atoms with Crippen LogP contribution in [0.2, 0.25) is 0 Å². The lowest BCUT2D eigenvalue weighted by Crippen LogP contribution is -2.20. The zero-order chi connectivity index (χ0) is 15.4. The van der Waals surface area contributed by atoms with Crippen molar-refractivity contribution in [2.45, 2.75) is 47.7 Å². The Morgan fingerprint density at radius 3 is 2.33 bits per heavy atom. The van der Waals surface area contributed by atoms with Gasteiger partial charge in [-0.1, -0.05) is 38.1 Å². The van der Waals surface area contributed by atoms with Crippen molar-refractivity contribution >= 4 is 0 Å². The van der Waals surface area contributed by atoms with Gasteiger partial charge in [-0.05, 0) is 49.9 Å². The molecule has 114 valence electrons. The molecule has 1 aromatic carbocycles. The van der Waals surface area contributed by atoms with E-state index in [0.717, 1.165) is 25.3 Å². The molecule has 0 spiro atoms. The number of hydrogen-bond donors (Lipinski definition) is 1. The van der Waals surface area contributed by atoms with Crippen LogP contribution in [0.25, 0.3) is 0 Å². The number of nitrogens with one attached hydrogen (secondary N) is 1. The Morgan fingerprint density at radius 1 is 1.10 bits per heavy atom. The maximum absolute atomic E-state index is 4.65. The van der Waals surface area contributed by atoms with E-state index >= 15 is 0 Å². The van der Waals surface area contributed by atoms with Crippen LogP contribution >= 0.6 is 0 Å².